The summed E-state index contributed by atoms with van der Waals surface area (Å²) in [7, 11) is 0. The van der Waals surface area contributed by atoms with Crippen molar-refractivity contribution in [2.75, 3.05) is 5.32 Å². The van der Waals surface area contributed by atoms with Crippen LogP contribution in [0.4, 0.5) is 5.82 Å². The second-order valence-electron chi connectivity index (χ2n) is 4.39. The van der Waals surface area contributed by atoms with E-state index in [-0.39, 0.29) is 24.4 Å². The van der Waals surface area contributed by atoms with Gasteiger partial charge in [0.15, 0.2) is 0 Å². The van der Waals surface area contributed by atoms with E-state index in [2.05, 4.69) is 31.5 Å². The summed E-state index contributed by atoms with van der Waals surface area (Å²) in [5.74, 6) is 1.35. The number of piperidine rings is 1. The van der Waals surface area contributed by atoms with E-state index >= 15 is 0 Å². The molecule has 2 N–H and O–H groups in total. The van der Waals surface area contributed by atoms with Gasteiger partial charge in [-0.25, -0.2) is 4.98 Å². The summed E-state index contributed by atoms with van der Waals surface area (Å²) in [6.07, 6.45) is 2.20. The van der Waals surface area contributed by atoms with E-state index in [1.807, 2.05) is 12.1 Å². The Hall–Kier alpha value is -0.650. The van der Waals surface area contributed by atoms with Gasteiger partial charge in [0.2, 0.25) is 5.91 Å². The molecule has 1 saturated carbocycles. The van der Waals surface area contributed by atoms with Crippen molar-refractivity contribution in [3.63, 3.8) is 0 Å². The summed E-state index contributed by atoms with van der Waals surface area (Å²) in [5, 5.41) is 6.13. The molecule has 1 saturated heterocycles. The van der Waals surface area contributed by atoms with Gasteiger partial charge < -0.3 is 10.6 Å². The Bertz CT molecular complexity index is 432. The van der Waals surface area contributed by atoms with Gasteiger partial charge in [0.25, 0.3) is 0 Å². The van der Waals surface area contributed by atoms with Crippen LogP contribution in [-0.4, -0.2) is 23.0 Å². The predicted octanol–water partition coefficient (Wildman–Crippen LogP) is 1.95. The molecule has 4 nitrogen and oxygen atoms in total. The number of hydrogen-bond acceptors (Lipinski definition) is 3. The first kappa shape index (κ1) is 12.8. The monoisotopic (exact) mass is 317 g/mol. The van der Waals surface area contributed by atoms with Crippen LogP contribution < -0.4 is 10.6 Å². The minimum atomic E-state index is -0.0375. The molecule has 3 atom stereocenters. The van der Waals surface area contributed by atoms with E-state index in [1.54, 1.807) is 6.07 Å². The number of carbonyl (C=O) groups is 1. The number of nitrogens with one attached hydrogen (secondary N) is 2. The number of anilines is 1. The normalized spacial score (nSPS) is 29.1. The molecule has 2 heterocycles. The number of carbonyl (C=O) groups excluding carboxylic acids is 1. The fraction of sp³-hybridized carbons (Fsp3) is 0.455. The number of amides is 1. The first-order valence-electron chi connectivity index (χ1n) is 5.42. The lowest BCUT2D eigenvalue weighted by Crippen LogP contribution is -2.38. The van der Waals surface area contributed by atoms with Crippen LogP contribution in [0.1, 0.15) is 12.8 Å². The summed E-state index contributed by atoms with van der Waals surface area (Å²) in [4.78, 5) is 16.0. The number of halogens is 2. The van der Waals surface area contributed by atoms with Crippen LogP contribution in [0.5, 0.6) is 0 Å². The van der Waals surface area contributed by atoms with Crippen molar-refractivity contribution in [3.8, 4) is 0 Å². The van der Waals surface area contributed by atoms with Crippen LogP contribution in [0.3, 0.4) is 0 Å². The third-order valence-electron chi connectivity index (χ3n) is 3.16. The van der Waals surface area contributed by atoms with E-state index in [9.17, 15) is 4.79 Å². The molecule has 1 aromatic rings. The zero-order valence-corrected chi connectivity index (χ0v) is 11.4. The second kappa shape index (κ2) is 4.92. The van der Waals surface area contributed by atoms with Crippen LogP contribution in [0.25, 0.3) is 0 Å². The van der Waals surface area contributed by atoms with Gasteiger partial charge >= 0.3 is 0 Å². The van der Waals surface area contributed by atoms with Gasteiger partial charge in [0.1, 0.15) is 10.4 Å². The lowest BCUT2D eigenvalue weighted by atomic mass is 10.2. The van der Waals surface area contributed by atoms with Gasteiger partial charge in [-0.3, -0.25) is 4.79 Å². The summed E-state index contributed by atoms with van der Waals surface area (Å²) in [6, 6.07) is 6.03. The van der Waals surface area contributed by atoms with Crippen molar-refractivity contribution >= 4 is 40.1 Å². The molecule has 0 radical (unpaired) electrons. The van der Waals surface area contributed by atoms with Gasteiger partial charge in [-0.2, -0.15) is 0 Å². The lowest BCUT2D eigenvalue weighted by Gasteiger charge is -2.12. The molecule has 6 heteroatoms. The maximum Gasteiger partial charge on any atom is 0.242 e. The SMILES string of the molecule is Cl.O=C(Nc1cccc(Br)n1)C1CC2CC2N1. The highest BCUT2D eigenvalue weighted by Crippen LogP contribution is 2.40. The zero-order chi connectivity index (χ0) is 11.1. The molecule has 3 rings (SSSR count). The standard InChI is InChI=1S/C11H12BrN3O.ClH/c12-9-2-1-3-10(14-9)15-11(16)8-5-6-4-7(6)13-8;/h1-3,6-8,13H,4-5H2,(H,14,15,16);1H. The van der Waals surface area contributed by atoms with E-state index in [4.69, 9.17) is 0 Å². The van der Waals surface area contributed by atoms with Crippen LogP contribution in [-0.2, 0) is 4.79 Å². The molecule has 92 valence electrons. The van der Waals surface area contributed by atoms with Gasteiger partial charge in [-0.15, -0.1) is 12.4 Å². The molecule has 3 unspecified atom stereocenters. The van der Waals surface area contributed by atoms with E-state index in [0.29, 0.717) is 11.9 Å². The number of nitrogens with zero attached hydrogens (tertiary/aromatic N) is 1. The van der Waals surface area contributed by atoms with Gasteiger partial charge in [-0.05, 0) is 46.8 Å². The minimum Gasteiger partial charge on any atom is -0.309 e. The average molecular weight is 319 g/mol. The lowest BCUT2D eigenvalue weighted by molar-refractivity contribution is -0.118. The van der Waals surface area contributed by atoms with Crippen molar-refractivity contribution in [1.82, 2.24) is 10.3 Å². The second-order valence-corrected chi connectivity index (χ2v) is 5.20. The van der Waals surface area contributed by atoms with Crippen LogP contribution in [0.15, 0.2) is 22.8 Å². The third kappa shape index (κ3) is 2.78. The van der Waals surface area contributed by atoms with Crippen molar-refractivity contribution in [2.24, 2.45) is 5.92 Å². The molecule has 2 aliphatic rings. The minimum absolute atomic E-state index is 0. The topological polar surface area (TPSA) is 54.0 Å². The Labute approximate surface area is 114 Å². The molecule has 1 aliphatic carbocycles. The molecule has 2 fully saturated rings. The van der Waals surface area contributed by atoms with Crippen molar-refractivity contribution in [3.05, 3.63) is 22.8 Å². The third-order valence-corrected chi connectivity index (χ3v) is 3.60. The summed E-state index contributed by atoms with van der Waals surface area (Å²) in [6.45, 7) is 0. The fourth-order valence-electron chi connectivity index (χ4n) is 2.22. The smallest absolute Gasteiger partial charge is 0.242 e. The van der Waals surface area contributed by atoms with E-state index in [0.717, 1.165) is 16.9 Å². The van der Waals surface area contributed by atoms with E-state index in [1.165, 1.54) is 6.42 Å². The molecule has 0 bridgehead atoms. The number of aromatic nitrogens is 1. The molecule has 1 aromatic heterocycles. The van der Waals surface area contributed by atoms with E-state index < -0.39 is 0 Å². The largest absolute Gasteiger partial charge is 0.309 e. The first-order chi connectivity index (χ1) is 7.72. The number of pyridine rings is 1. The Morgan fingerprint density at radius 2 is 2.29 bits per heavy atom. The quantitative estimate of drug-likeness (QED) is 0.820. The first-order valence-corrected chi connectivity index (χ1v) is 6.21. The molecule has 0 spiro atoms. The van der Waals surface area contributed by atoms with Gasteiger partial charge in [0, 0.05) is 6.04 Å². The highest BCUT2D eigenvalue weighted by atomic mass is 79.9. The Kier molecular flexibility index (Phi) is 3.70. The fourth-order valence-corrected chi connectivity index (χ4v) is 2.56. The number of rotatable bonds is 2. The summed E-state index contributed by atoms with van der Waals surface area (Å²) < 4.78 is 0.729. The van der Waals surface area contributed by atoms with Crippen molar-refractivity contribution in [2.45, 2.75) is 24.9 Å². The zero-order valence-electron chi connectivity index (χ0n) is 9.02. The maximum absolute atomic E-state index is 11.9. The Morgan fingerprint density at radius 1 is 1.47 bits per heavy atom. The summed E-state index contributed by atoms with van der Waals surface area (Å²) in [5.41, 5.74) is 0. The predicted molar refractivity (Wildman–Crippen MR) is 71.3 cm³/mol. The Balaban J connectivity index is 0.00000108. The maximum atomic E-state index is 11.9. The van der Waals surface area contributed by atoms with Crippen LogP contribution in [0, 0.1) is 5.92 Å². The van der Waals surface area contributed by atoms with Crippen molar-refractivity contribution in [1.29, 1.82) is 0 Å². The highest BCUT2D eigenvalue weighted by Gasteiger charge is 2.47. The van der Waals surface area contributed by atoms with Gasteiger partial charge in [-0.1, -0.05) is 6.07 Å². The summed E-state index contributed by atoms with van der Waals surface area (Å²) >= 11 is 3.27. The highest BCUT2D eigenvalue weighted by molar-refractivity contribution is 9.10. The molecular weight excluding hydrogens is 305 g/mol. The van der Waals surface area contributed by atoms with Crippen LogP contribution in [0.2, 0.25) is 0 Å². The Morgan fingerprint density at radius 3 is 2.94 bits per heavy atom. The molecule has 1 amide bonds. The molecule has 17 heavy (non-hydrogen) atoms. The van der Waals surface area contributed by atoms with Gasteiger partial charge in [0.05, 0.1) is 6.04 Å². The molecular formula is C11H13BrClN3O. The van der Waals surface area contributed by atoms with Crippen molar-refractivity contribution < 1.29 is 4.79 Å². The average Bonchev–Trinajstić information content (AvgIpc) is 2.86. The molecule has 1 aliphatic heterocycles. The number of hydrogen-bond donors (Lipinski definition) is 2. The number of fused-ring (bicyclic) bond motifs is 1. The van der Waals surface area contributed by atoms with Crippen LogP contribution >= 0.6 is 28.3 Å². The molecule has 0 aromatic carbocycles.